The SMILES string of the molecule is Cc1cc2c(-c3ccc4c(c3)c3ccccc3n4CCCCCCOC(C)(C)C)cccc2[c-]1[Si](C)(C)[c-]1ccc2c(-c3ccc4c(c3)c3ccccc3n4CCCCCCOC(C)(C)C)cccc21.[Cl][Zr+2][Cl]. The first kappa shape index (κ1) is 53.6. The Morgan fingerprint density at radius 2 is 0.932 bits per heavy atom. The van der Waals surface area contributed by atoms with E-state index < -0.39 is 28.9 Å². The molecule has 0 aliphatic rings. The van der Waals surface area contributed by atoms with Crippen molar-refractivity contribution in [2.45, 2.75) is 137 Å². The zero-order valence-electron chi connectivity index (χ0n) is 44.7. The molecule has 8 heteroatoms. The number of unbranched alkanes of at least 4 members (excludes halogenated alkanes) is 6. The first-order chi connectivity index (χ1) is 35.1. The van der Waals surface area contributed by atoms with Gasteiger partial charge in [0, 0.05) is 78.0 Å². The number of benzene rings is 6. The Balaban J connectivity index is 0.00000214. The van der Waals surface area contributed by atoms with Crippen LogP contribution in [0.1, 0.15) is 98.5 Å². The topological polar surface area (TPSA) is 28.3 Å². The summed E-state index contributed by atoms with van der Waals surface area (Å²) < 4.78 is 17.1. The number of para-hydroxylation sites is 2. The third kappa shape index (κ3) is 11.6. The van der Waals surface area contributed by atoms with Crippen LogP contribution in [0.3, 0.4) is 0 Å². The van der Waals surface area contributed by atoms with E-state index in [0.717, 1.165) is 52.0 Å². The van der Waals surface area contributed by atoms with Crippen LogP contribution in [0.15, 0.2) is 140 Å². The Labute approximate surface area is 454 Å². The van der Waals surface area contributed by atoms with Crippen LogP contribution < -0.4 is 10.4 Å². The van der Waals surface area contributed by atoms with Crippen LogP contribution in [0.5, 0.6) is 0 Å². The molecule has 8 aromatic carbocycles. The Kier molecular flexibility index (Phi) is 16.8. The van der Waals surface area contributed by atoms with Crippen molar-refractivity contribution in [3.05, 3.63) is 145 Å². The third-order valence-electron chi connectivity index (χ3n) is 15.0. The minimum atomic E-state index is -2.21. The van der Waals surface area contributed by atoms with Gasteiger partial charge in [-0.05, 0) is 115 Å². The number of hydrogen-bond donors (Lipinski definition) is 0. The summed E-state index contributed by atoms with van der Waals surface area (Å²) in [6.45, 7) is 24.1. The summed E-state index contributed by atoms with van der Waals surface area (Å²) in [4.78, 5) is 0. The summed E-state index contributed by atoms with van der Waals surface area (Å²) >= 11 is -0.826. The van der Waals surface area contributed by atoms with Crippen LogP contribution in [0, 0.1) is 6.92 Å². The molecule has 0 bridgehead atoms. The first-order valence-electron chi connectivity index (χ1n) is 26.7. The van der Waals surface area contributed by atoms with E-state index in [4.69, 9.17) is 26.5 Å². The Bertz CT molecular complexity index is 3500. The molecule has 0 N–H and O–H groups in total. The molecule has 4 nitrogen and oxygen atoms in total. The molecular formula is C65H74Cl2N2O2SiZr. The van der Waals surface area contributed by atoms with Gasteiger partial charge in [-0.15, -0.1) is 61.7 Å². The number of nitrogens with zero attached hydrogens (tertiary/aromatic N) is 2. The minimum absolute atomic E-state index is 0.0632. The number of aromatic nitrogens is 2. The molecule has 378 valence electrons. The molecule has 10 aromatic rings. The van der Waals surface area contributed by atoms with Crippen molar-refractivity contribution in [3.8, 4) is 22.3 Å². The van der Waals surface area contributed by atoms with Crippen LogP contribution in [0.25, 0.3) is 87.4 Å². The van der Waals surface area contributed by atoms with E-state index in [1.54, 1.807) is 5.19 Å². The normalized spacial score (nSPS) is 12.5. The van der Waals surface area contributed by atoms with E-state index in [0.29, 0.717) is 0 Å². The Morgan fingerprint density at radius 1 is 0.479 bits per heavy atom. The molecule has 0 saturated heterocycles. The number of aryl methyl sites for hydroxylation is 3. The van der Waals surface area contributed by atoms with Crippen LogP contribution in [0.2, 0.25) is 13.1 Å². The molecule has 2 aromatic heterocycles. The first-order valence-corrected chi connectivity index (χ1v) is 36.1. The van der Waals surface area contributed by atoms with Crippen LogP contribution in [-0.2, 0) is 43.4 Å². The van der Waals surface area contributed by atoms with E-state index in [-0.39, 0.29) is 11.2 Å². The molecule has 2 heterocycles. The van der Waals surface area contributed by atoms with Gasteiger partial charge in [0.2, 0.25) is 0 Å². The maximum atomic E-state index is 5.98. The number of fused-ring (bicyclic) bond motifs is 8. The fourth-order valence-corrected chi connectivity index (χ4v) is 15.4. The average molecular weight is 1110 g/mol. The number of rotatable bonds is 18. The number of hydrogen-bond acceptors (Lipinski definition) is 2. The quantitative estimate of drug-likeness (QED) is 0.0487. The third-order valence-corrected chi connectivity index (χ3v) is 18.7. The fourth-order valence-electron chi connectivity index (χ4n) is 11.8. The van der Waals surface area contributed by atoms with E-state index in [2.05, 4.69) is 210 Å². The fraction of sp³-hybridized carbons (Fsp3) is 0.354. The molecule has 0 atom stereocenters. The summed E-state index contributed by atoms with van der Waals surface area (Å²) in [5.41, 5.74) is 11.8. The van der Waals surface area contributed by atoms with Crippen molar-refractivity contribution in [2.24, 2.45) is 0 Å². The van der Waals surface area contributed by atoms with E-state index in [9.17, 15) is 0 Å². The molecule has 0 radical (unpaired) electrons. The Morgan fingerprint density at radius 3 is 1.44 bits per heavy atom. The van der Waals surface area contributed by atoms with Gasteiger partial charge in [-0.25, -0.2) is 0 Å². The van der Waals surface area contributed by atoms with Crippen LogP contribution >= 0.6 is 17.0 Å². The van der Waals surface area contributed by atoms with Gasteiger partial charge in [0.25, 0.3) is 0 Å². The summed E-state index contributed by atoms with van der Waals surface area (Å²) in [6, 6.07) is 53.8. The second kappa shape index (κ2) is 22.9. The zero-order valence-corrected chi connectivity index (χ0v) is 49.7. The van der Waals surface area contributed by atoms with Gasteiger partial charge in [-0.2, -0.15) is 18.2 Å². The summed E-state index contributed by atoms with van der Waals surface area (Å²) in [7, 11) is 7.66. The number of ether oxygens (including phenoxy) is 2. The van der Waals surface area contributed by atoms with Crippen molar-refractivity contribution in [3.63, 3.8) is 0 Å². The predicted octanol–water partition coefficient (Wildman–Crippen LogP) is 18.2. The van der Waals surface area contributed by atoms with Crippen LogP contribution in [-0.4, -0.2) is 41.6 Å². The zero-order chi connectivity index (χ0) is 51.5. The summed E-state index contributed by atoms with van der Waals surface area (Å²) in [5.74, 6) is 0. The van der Waals surface area contributed by atoms with E-state index in [1.165, 1.54) is 124 Å². The number of halogens is 2. The molecule has 0 unspecified atom stereocenters. The van der Waals surface area contributed by atoms with E-state index in [1.807, 2.05) is 0 Å². The van der Waals surface area contributed by atoms with Gasteiger partial charge in [0.15, 0.2) is 0 Å². The van der Waals surface area contributed by atoms with Gasteiger partial charge >= 0.3 is 37.9 Å². The average Bonchev–Trinajstić information content (AvgIpc) is 4.12. The molecule has 0 aliphatic heterocycles. The molecule has 0 aliphatic carbocycles. The standard InChI is InChI=1S/C65H74N2O2Si.2ClH.Zr/c1-45-42-55-49(47-33-36-61-57(44-47)52-25-15-17-31-59(52)67(61)39-19-11-13-21-41-69-65(5,6)7)27-23-29-54(55)63(45)70(8,9)62-37-34-50-48(26-22-28-53(50)62)46-32-35-60-56(43-46)51-24-14-16-30-58(51)66(60)38-18-10-12-20-40-68-64(2,3)4;;;/h14-17,22-37,42-44H,10-13,18-21,38-41H2,1-9H3;2*1H;/q-2;;;+4/p-2. The van der Waals surface area contributed by atoms with Gasteiger partial charge in [-0.1, -0.05) is 117 Å². The molecule has 0 spiro atoms. The van der Waals surface area contributed by atoms with Crippen molar-refractivity contribution < 1.29 is 30.3 Å². The second-order valence-electron chi connectivity index (χ2n) is 22.7. The molecule has 0 fully saturated rings. The monoisotopic (exact) mass is 1100 g/mol. The van der Waals surface area contributed by atoms with Gasteiger partial charge in [0.05, 0.1) is 11.2 Å². The van der Waals surface area contributed by atoms with Crippen molar-refractivity contribution in [1.29, 1.82) is 0 Å². The molecule has 73 heavy (non-hydrogen) atoms. The second-order valence-corrected chi connectivity index (χ2v) is 30.8. The van der Waals surface area contributed by atoms with Crippen molar-refractivity contribution in [1.82, 2.24) is 9.13 Å². The van der Waals surface area contributed by atoms with Gasteiger partial charge in [-0.3, -0.25) is 0 Å². The molecule has 10 rings (SSSR count). The summed E-state index contributed by atoms with van der Waals surface area (Å²) in [6.07, 6.45) is 9.39. The van der Waals surface area contributed by atoms with E-state index >= 15 is 0 Å². The maximum absolute atomic E-state index is 5.98. The van der Waals surface area contributed by atoms with Gasteiger partial charge in [0.1, 0.15) is 0 Å². The molecular weight excluding hydrogens is 1030 g/mol. The van der Waals surface area contributed by atoms with Crippen molar-refractivity contribution in [2.75, 3.05) is 13.2 Å². The molecule has 0 saturated carbocycles. The Hall–Kier alpha value is -4.26. The van der Waals surface area contributed by atoms with Gasteiger partial charge < -0.3 is 18.6 Å². The van der Waals surface area contributed by atoms with Crippen molar-refractivity contribution >= 4 is 101 Å². The van der Waals surface area contributed by atoms with Crippen LogP contribution in [0.4, 0.5) is 0 Å². The molecule has 0 amide bonds. The summed E-state index contributed by atoms with van der Waals surface area (Å²) in [5, 5.41) is 13.9. The predicted molar refractivity (Wildman–Crippen MR) is 317 cm³/mol.